The summed E-state index contributed by atoms with van der Waals surface area (Å²) in [4.78, 5) is 2.11. The Kier molecular flexibility index (Phi) is 7.94. The van der Waals surface area contributed by atoms with Crippen molar-refractivity contribution in [2.75, 3.05) is 19.0 Å². The van der Waals surface area contributed by atoms with Crippen molar-refractivity contribution in [1.29, 1.82) is 0 Å². The summed E-state index contributed by atoms with van der Waals surface area (Å²) in [6.45, 7) is 3.85. The first-order valence-corrected chi connectivity index (χ1v) is 10.5. The van der Waals surface area contributed by atoms with Crippen LogP contribution in [-0.2, 0) is 13.1 Å². The van der Waals surface area contributed by atoms with E-state index in [2.05, 4.69) is 10.2 Å². The molecular weight excluding hydrogens is 416 g/mol. The molecule has 3 rings (SSSR count). The highest BCUT2D eigenvalue weighted by Gasteiger charge is 2.14. The Morgan fingerprint density at radius 3 is 2.13 bits per heavy atom. The molecule has 0 heterocycles. The topological polar surface area (TPSA) is 33.7 Å². The van der Waals surface area contributed by atoms with Crippen LogP contribution in [0.4, 0.5) is 5.69 Å². The lowest BCUT2D eigenvalue weighted by Gasteiger charge is -2.27. The molecular formula is C24H25ClN2O2S. The Bertz CT molecular complexity index is 962. The van der Waals surface area contributed by atoms with Crippen LogP contribution in [0.5, 0.6) is 11.5 Å². The highest BCUT2D eigenvalue weighted by atomic mass is 35.5. The van der Waals surface area contributed by atoms with Gasteiger partial charge in [0.25, 0.3) is 0 Å². The fraction of sp³-hybridized carbons (Fsp3) is 0.208. The van der Waals surface area contributed by atoms with Crippen LogP contribution in [0, 0.1) is 0 Å². The van der Waals surface area contributed by atoms with Crippen molar-refractivity contribution < 1.29 is 9.47 Å². The second kappa shape index (κ2) is 10.9. The molecule has 0 aliphatic rings. The van der Waals surface area contributed by atoms with Crippen molar-refractivity contribution in [2.24, 2.45) is 0 Å². The minimum Gasteiger partial charge on any atom is -0.497 e. The van der Waals surface area contributed by atoms with E-state index in [1.165, 1.54) is 0 Å². The predicted molar refractivity (Wildman–Crippen MR) is 128 cm³/mol. The molecule has 0 aliphatic carbocycles. The molecule has 4 nitrogen and oxygen atoms in total. The molecule has 0 aliphatic heterocycles. The fourth-order valence-electron chi connectivity index (χ4n) is 3.01. The van der Waals surface area contributed by atoms with Crippen molar-refractivity contribution in [3.8, 4) is 11.5 Å². The molecule has 0 amide bonds. The van der Waals surface area contributed by atoms with E-state index >= 15 is 0 Å². The van der Waals surface area contributed by atoms with Gasteiger partial charge in [0.05, 0.1) is 19.4 Å². The molecule has 0 saturated heterocycles. The van der Waals surface area contributed by atoms with Crippen LogP contribution >= 0.6 is 23.8 Å². The van der Waals surface area contributed by atoms with Crippen molar-refractivity contribution in [3.05, 3.63) is 88.9 Å². The largest absolute Gasteiger partial charge is 0.497 e. The molecule has 0 bridgehead atoms. The molecule has 6 heteroatoms. The van der Waals surface area contributed by atoms with Gasteiger partial charge in [0.15, 0.2) is 5.11 Å². The van der Waals surface area contributed by atoms with Crippen LogP contribution in [0.15, 0.2) is 72.8 Å². The molecule has 30 heavy (non-hydrogen) atoms. The summed E-state index contributed by atoms with van der Waals surface area (Å²) in [6.07, 6.45) is 0. The van der Waals surface area contributed by atoms with Gasteiger partial charge in [0.2, 0.25) is 0 Å². The number of rotatable bonds is 8. The number of hydrogen-bond acceptors (Lipinski definition) is 3. The summed E-state index contributed by atoms with van der Waals surface area (Å²) < 4.78 is 11.0. The first kappa shape index (κ1) is 21.9. The lowest BCUT2D eigenvalue weighted by Crippen LogP contribution is -2.34. The molecule has 0 fully saturated rings. The number of nitrogens with zero attached hydrogens (tertiary/aromatic N) is 1. The fourth-order valence-corrected chi connectivity index (χ4v) is 3.37. The number of hydrogen-bond donors (Lipinski definition) is 1. The predicted octanol–water partition coefficient (Wildman–Crippen LogP) is 6.15. The number of methoxy groups -OCH3 is 1. The van der Waals surface area contributed by atoms with Gasteiger partial charge in [0, 0.05) is 18.1 Å². The van der Waals surface area contributed by atoms with Gasteiger partial charge in [0.1, 0.15) is 11.5 Å². The summed E-state index contributed by atoms with van der Waals surface area (Å²) in [5, 5.41) is 4.68. The van der Waals surface area contributed by atoms with E-state index in [0.29, 0.717) is 29.8 Å². The zero-order valence-electron chi connectivity index (χ0n) is 17.1. The van der Waals surface area contributed by atoms with Crippen LogP contribution in [-0.4, -0.2) is 23.7 Å². The molecule has 0 radical (unpaired) electrons. The van der Waals surface area contributed by atoms with Crippen LogP contribution in [0.1, 0.15) is 18.1 Å². The summed E-state index contributed by atoms with van der Waals surface area (Å²) in [7, 11) is 1.66. The Hall–Kier alpha value is -2.76. The molecule has 0 unspecified atom stereocenters. The minimum atomic E-state index is 0.589. The third-order valence-electron chi connectivity index (χ3n) is 4.53. The molecule has 0 atom stereocenters. The minimum absolute atomic E-state index is 0.589. The van der Waals surface area contributed by atoms with Gasteiger partial charge in [-0.3, -0.25) is 0 Å². The van der Waals surface area contributed by atoms with E-state index in [1.807, 2.05) is 79.7 Å². The second-order valence-electron chi connectivity index (χ2n) is 6.69. The lowest BCUT2D eigenvalue weighted by atomic mass is 10.1. The molecule has 0 aromatic heterocycles. The Labute approximate surface area is 188 Å². The molecule has 3 aromatic carbocycles. The average molecular weight is 441 g/mol. The van der Waals surface area contributed by atoms with Crippen LogP contribution in [0.2, 0.25) is 5.02 Å². The third-order valence-corrected chi connectivity index (χ3v) is 5.15. The first-order chi connectivity index (χ1) is 14.6. The van der Waals surface area contributed by atoms with Crippen LogP contribution in [0.3, 0.4) is 0 Å². The number of nitrogens with one attached hydrogen (secondary N) is 1. The van der Waals surface area contributed by atoms with E-state index in [9.17, 15) is 0 Å². The summed E-state index contributed by atoms with van der Waals surface area (Å²) >= 11 is 11.8. The number of halogens is 1. The van der Waals surface area contributed by atoms with Gasteiger partial charge in [-0.05, 0) is 66.7 Å². The van der Waals surface area contributed by atoms with Crippen molar-refractivity contribution in [3.63, 3.8) is 0 Å². The zero-order valence-corrected chi connectivity index (χ0v) is 18.7. The van der Waals surface area contributed by atoms with E-state index in [1.54, 1.807) is 7.11 Å². The van der Waals surface area contributed by atoms with Crippen LogP contribution < -0.4 is 14.8 Å². The van der Waals surface area contributed by atoms with E-state index in [-0.39, 0.29) is 0 Å². The summed E-state index contributed by atoms with van der Waals surface area (Å²) in [6, 6.07) is 23.6. The van der Waals surface area contributed by atoms with Gasteiger partial charge in [-0.2, -0.15) is 0 Å². The molecule has 0 spiro atoms. The maximum atomic E-state index is 6.05. The third kappa shape index (κ3) is 6.12. The Morgan fingerprint density at radius 1 is 0.933 bits per heavy atom. The van der Waals surface area contributed by atoms with E-state index in [0.717, 1.165) is 28.3 Å². The molecule has 156 valence electrons. The molecule has 3 aromatic rings. The number of anilines is 1. The monoisotopic (exact) mass is 440 g/mol. The highest BCUT2D eigenvalue weighted by molar-refractivity contribution is 7.80. The van der Waals surface area contributed by atoms with Gasteiger partial charge >= 0.3 is 0 Å². The van der Waals surface area contributed by atoms with Crippen molar-refractivity contribution in [2.45, 2.75) is 20.0 Å². The summed E-state index contributed by atoms with van der Waals surface area (Å²) in [5.41, 5.74) is 3.10. The second-order valence-corrected chi connectivity index (χ2v) is 7.51. The highest BCUT2D eigenvalue weighted by Crippen LogP contribution is 2.25. The number of ether oxygens (including phenoxy) is 2. The number of benzene rings is 3. The number of thiocarbonyl (C=S) groups is 1. The van der Waals surface area contributed by atoms with Crippen molar-refractivity contribution in [1.82, 2.24) is 4.90 Å². The smallest absolute Gasteiger partial charge is 0.174 e. The Morgan fingerprint density at radius 2 is 1.53 bits per heavy atom. The van der Waals surface area contributed by atoms with E-state index in [4.69, 9.17) is 33.3 Å². The first-order valence-electron chi connectivity index (χ1n) is 9.74. The molecule has 1 N–H and O–H groups in total. The van der Waals surface area contributed by atoms with E-state index < -0.39 is 0 Å². The van der Waals surface area contributed by atoms with Gasteiger partial charge in [-0.25, -0.2) is 0 Å². The van der Waals surface area contributed by atoms with Gasteiger partial charge in [-0.15, -0.1) is 0 Å². The van der Waals surface area contributed by atoms with Gasteiger partial charge < -0.3 is 19.7 Å². The maximum Gasteiger partial charge on any atom is 0.174 e. The zero-order chi connectivity index (χ0) is 21.3. The van der Waals surface area contributed by atoms with Crippen molar-refractivity contribution >= 4 is 34.6 Å². The van der Waals surface area contributed by atoms with Crippen LogP contribution in [0.25, 0.3) is 0 Å². The normalized spacial score (nSPS) is 10.4. The SMILES string of the molecule is CCOc1ccccc1NC(=S)N(Cc1ccc(Cl)cc1)Cc1ccc(OC)cc1. The molecule has 0 saturated carbocycles. The quantitative estimate of drug-likeness (QED) is 0.425. The maximum absolute atomic E-state index is 6.05. The number of para-hydroxylation sites is 2. The average Bonchev–Trinajstić information content (AvgIpc) is 2.77. The standard InChI is InChI=1S/C24H25ClN2O2S/c1-3-29-23-7-5-4-6-22(23)26-24(30)27(16-18-8-12-20(25)13-9-18)17-19-10-14-21(28-2)15-11-19/h4-15H,3,16-17H2,1-2H3,(H,26,30). The van der Waals surface area contributed by atoms with Gasteiger partial charge in [-0.1, -0.05) is 48.0 Å². The lowest BCUT2D eigenvalue weighted by molar-refractivity contribution is 0.342. The Balaban J connectivity index is 1.81. The summed E-state index contributed by atoms with van der Waals surface area (Å²) in [5.74, 6) is 1.60.